The fourth-order valence-corrected chi connectivity index (χ4v) is 6.38. The number of rotatable bonds is 5. The van der Waals surface area contributed by atoms with Gasteiger partial charge >= 0.3 is 0 Å². The van der Waals surface area contributed by atoms with Crippen molar-refractivity contribution in [3.63, 3.8) is 0 Å². The summed E-state index contributed by atoms with van der Waals surface area (Å²) in [6.45, 7) is 10.8. The number of likely N-dealkylation sites (tertiary alicyclic amines) is 1. The third-order valence-electron chi connectivity index (χ3n) is 7.76. The number of nitrogens with one attached hydrogen (secondary N) is 1. The van der Waals surface area contributed by atoms with Crippen LogP contribution >= 0.6 is 0 Å². The van der Waals surface area contributed by atoms with Gasteiger partial charge in [-0.05, 0) is 43.6 Å². The third kappa shape index (κ3) is 3.68. The molecule has 0 radical (unpaired) electrons. The van der Waals surface area contributed by atoms with Gasteiger partial charge in [0.15, 0.2) is 11.5 Å². The first-order chi connectivity index (χ1) is 16.6. The monoisotopic (exact) mass is 458 g/mol. The van der Waals surface area contributed by atoms with E-state index in [1.807, 2.05) is 24.3 Å². The number of carbonyl (C=O) groups is 1. The highest BCUT2D eigenvalue weighted by atomic mass is 16.5. The number of carbonyl (C=O) groups excluding carboxylic acids is 1. The molecule has 0 saturated carbocycles. The summed E-state index contributed by atoms with van der Waals surface area (Å²) < 4.78 is 5.92. The number of hydrogen-bond donors (Lipinski definition) is 1. The normalized spacial score (nSPS) is 22.8. The molecule has 2 unspecified atom stereocenters. The van der Waals surface area contributed by atoms with E-state index in [9.17, 15) is 4.79 Å². The molecule has 2 saturated heterocycles. The summed E-state index contributed by atoms with van der Waals surface area (Å²) >= 11 is 0. The molecule has 34 heavy (non-hydrogen) atoms. The van der Waals surface area contributed by atoms with E-state index in [0.717, 1.165) is 84.7 Å². The Balaban J connectivity index is 1.39. The van der Waals surface area contributed by atoms with Gasteiger partial charge in [-0.15, -0.1) is 0 Å². The van der Waals surface area contributed by atoms with Crippen LogP contribution in [0.2, 0.25) is 0 Å². The Bertz CT molecular complexity index is 1220. The van der Waals surface area contributed by atoms with Gasteiger partial charge < -0.3 is 19.6 Å². The van der Waals surface area contributed by atoms with Crippen LogP contribution in [0.4, 0.5) is 11.4 Å². The summed E-state index contributed by atoms with van der Waals surface area (Å²) in [5.74, 6) is 2.26. The van der Waals surface area contributed by atoms with E-state index in [4.69, 9.17) is 4.52 Å². The number of benzene rings is 2. The zero-order valence-electron chi connectivity index (χ0n) is 20.3. The molecule has 3 heterocycles. The van der Waals surface area contributed by atoms with Crippen LogP contribution in [0.15, 0.2) is 34.9 Å². The van der Waals surface area contributed by atoms with Gasteiger partial charge in [0.25, 0.3) is 0 Å². The lowest BCUT2D eigenvalue weighted by Crippen LogP contribution is -2.41. The molecule has 0 amide bonds. The van der Waals surface area contributed by atoms with E-state index in [0.29, 0.717) is 11.1 Å². The Morgan fingerprint density at radius 2 is 1.79 bits per heavy atom. The molecule has 6 nitrogen and oxygen atoms in total. The molecule has 0 bridgehead atoms. The van der Waals surface area contributed by atoms with E-state index in [-0.39, 0.29) is 5.78 Å². The molecule has 1 N–H and O–H groups in total. The van der Waals surface area contributed by atoms with Crippen LogP contribution in [0.25, 0.3) is 22.2 Å². The SMILES string of the molecule is CC1CC(C)CN(CCNc2cc(N3CCCCC3)c3noc4c3c2C(=O)c2ccccc2-4)C1. The lowest BCUT2D eigenvalue weighted by molar-refractivity contribution is 0.104. The van der Waals surface area contributed by atoms with E-state index in [2.05, 4.69) is 40.2 Å². The summed E-state index contributed by atoms with van der Waals surface area (Å²) in [7, 11) is 0. The first kappa shape index (κ1) is 21.7. The number of nitrogens with zero attached hydrogens (tertiary/aromatic N) is 3. The lowest BCUT2D eigenvalue weighted by Gasteiger charge is -2.35. The smallest absolute Gasteiger partial charge is 0.196 e. The molecule has 0 spiro atoms. The number of fused-ring (bicyclic) bond motifs is 2. The number of ketones is 1. The second-order valence-electron chi connectivity index (χ2n) is 10.6. The summed E-state index contributed by atoms with van der Waals surface area (Å²) in [6.07, 6.45) is 4.95. The summed E-state index contributed by atoms with van der Waals surface area (Å²) in [5, 5.41) is 9.04. The maximum Gasteiger partial charge on any atom is 0.196 e. The molecule has 2 fully saturated rings. The van der Waals surface area contributed by atoms with Crippen molar-refractivity contribution < 1.29 is 9.32 Å². The van der Waals surface area contributed by atoms with Gasteiger partial charge in [-0.1, -0.05) is 43.3 Å². The fourth-order valence-electron chi connectivity index (χ4n) is 6.38. The molecular weight excluding hydrogens is 424 g/mol. The highest BCUT2D eigenvalue weighted by molar-refractivity contribution is 6.28. The van der Waals surface area contributed by atoms with Crippen LogP contribution in [-0.2, 0) is 0 Å². The molecule has 1 aliphatic carbocycles. The third-order valence-corrected chi connectivity index (χ3v) is 7.76. The van der Waals surface area contributed by atoms with Crippen LogP contribution in [0, 0.1) is 11.8 Å². The Labute approximate surface area is 201 Å². The zero-order valence-corrected chi connectivity index (χ0v) is 20.3. The molecule has 1 aromatic heterocycles. The number of aromatic nitrogens is 1. The second-order valence-corrected chi connectivity index (χ2v) is 10.6. The first-order valence-electron chi connectivity index (χ1n) is 12.9. The maximum absolute atomic E-state index is 13.7. The Morgan fingerprint density at radius 1 is 1.06 bits per heavy atom. The molecule has 2 aromatic carbocycles. The van der Waals surface area contributed by atoms with E-state index >= 15 is 0 Å². The minimum absolute atomic E-state index is 0.0595. The average molecular weight is 459 g/mol. The summed E-state index contributed by atoms with van der Waals surface area (Å²) in [4.78, 5) is 18.7. The van der Waals surface area contributed by atoms with Crippen molar-refractivity contribution in [1.29, 1.82) is 0 Å². The minimum Gasteiger partial charge on any atom is -0.383 e. The van der Waals surface area contributed by atoms with Crippen LogP contribution in [0.3, 0.4) is 0 Å². The topological polar surface area (TPSA) is 61.6 Å². The zero-order chi connectivity index (χ0) is 23.2. The van der Waals surface area contributed by atoms with Crippen molar-refractivity contribution in [2.75, 3.05) is 49.5 Å². The van der Waals surface area contributed by atoms with Crippen molar-refractivity contribution in [3.8, 4) is 11.3 Å². The number of piperidine rings is 2. The van der Waals surface area contributed by atoms with Crippen molar-refractivity contribution in [1.82, 2.24) is 10.1 Å². The Kier molecular flexibility index (Phi) is 5.56. The van der Waals surface area contributed by atoms with Gasteiger partial charge in [0.1, 0.15) is 5.52 Å². The maximum atomic E-state index is 13.7. The van der Waals surface area contributed by atoms with Crippen LogP contribution in [-0.4, -0.2) is 55.1 Å². The molecule has 2 atom stereocenters. The lowest BCUT2D eigenvalue weighted by atomic mass is 9.86. The predicted octanol–water partition coefficient (Wildman–Crippen LogP) is 5.42. The molecule has 6 rings (SSSR count). The second kappa shape index (κ2) is 8.73. The molecule has 6 heteroatoms. The van der Waals surface area contributed by atoms with Crippen LogP contribution in [0.1, 0.15) is 55.5 Å². The molecule has 2 aliphatic heterocycles. The average Bonchev–Trinajstić information content (AvgIpc) is 3.28. The fraction of sp³-hybridized carbons (Fsp3) is 0.500. The summed E-state index contributed by atoms with van der Waals surface area (Å²) in [6, 6.07) is 9.90. The predicted molar refractivity (Wildman–Crippen MR) is 137 cm³/mol. The van der Waals surface area contributed by atoms with Crippen molar-refractivity contribution in [2.24, 2.45) is 11.8 Å². The Morgan fingerprint density at radius 3 is 2.56 bits per heavy atom. The van der Waals surface area contributed by atoms with E-state index in [1.165, 1.54) is 25.7 Å². The van der Waals surface area contributed by atoms with Crippen molar-refractivity contribution >= 4 is 28.1 Å². The number of anilines is 2. The van der Waals surface area contributed by atoms with Crippen molar-refractivity contribution in [3.05, 3.63) is 41.5 Å². The van der Waals surface area contributed by atoms with Gasteiger partial charge in [0, 0.05) is 56.1 Å². The van der Waals surface area contributed by atoms with Crippen molar-refractivity contribution in [2.45, 2.75) is 39.5 Å². The van der Waals surface area contributed by atoms with Gasteiger partial charge in [0.05, 0.1) is 16.6 Å². The quantitative estimate of drug-likeness (QED) is 0.431. The first-order valence-corrected chi connectivity index (χ1v) is 12.9. The van der Waals surface area contributed by atoms with E-state index < -0.39 is 0 Å². The van der Waals surface area contributed by atoms with Crippen LogP contribution < -0.4 is 10.2 Å². The van der Waals surface area contributed by atoms with Crippen LogP contribution in [0.5, 0.6) is 0 Å². The van der Waals surface area contributed by atoms with Gasteiger partial charge in [0.2, 0.25) is 0 Å². The van der Waals surface area contributed by atoms with Gasteiger partial charge in [-0.25, -0.2) is 0 Å². The van der Waals surface area contributed by atoms with E-state index in [1.54, 1.807) is 0 Å². The largest absolute Gasteiger partial charge is 0.383 e. The highest BCUT2D eigenvalue weighted by Crippen LogP contribution is 2.46. The Hall–Kier alpha value is -2.86. The van der Waals surface area contributed by atoms with Gasteiger partial charge in [-0.3, -0.25) is 4.79 Å². The minimum atomic E-state index is 0.0595. The molecule has 3 aliphatic rings. The molecule has 178 valence electrons. The standard InChI is InChI=1S/C28H34N4O2/c1-18-14-19(2)17-31(16-18)13-10-29-22-15-23(32-11-6-3-7-12-32)26-25-24(22)27(33)20-8-4-5-9-21(20)28(25)34-30-26/h4-5,8-9,15,18-19,29H,3,6-7,10-14,16-17H2,1-2H3. The summed E-state index contributed by atoms with van der Waals surface area (Å²) in [5.41, 5.74) is 5.07. The highest BCUT2D eigenvalue weighted by Gasteiger charge is 2.34. The molecular formula is C28H34N4O2. The number of hydrogen-bond acceptors (Lipinski definition) is 6. The molecule has 3 aromatic rings. The van der Waals surface area contributed by atoms with Gasteiger partial charge in [-0.2, -0.15) is 0 Å².